The van der Waals surface area contributed by atoms with E-state index in [1.165, 1.54) is 11.1 Å². The van der Waals surface area contributed by atoms with E-state index in [1.54, 1.807) is 0 Å². The van der Waals surface area contributed by atoms with Crippen LogP contribution in [0.15, 0.2) is 60.8 Å². The highest BCUT2D eigenvalue weighted by Crippen LogP contribution is 2.24. The van der Waals surface area contributed by atoms with Crippen molar-refractivity contribution in [3.63, 3.8) is 0 Å². The summed E-state index contributed by atoms with van der Waals surface area (Å²) in [5.74, 6) is 2.18. The molecule has 0 bridgehead atoms. The van der Waals surface area contributed by atoms with Gasteiger partial charge >= 0.3 is 0 Å². The van der Waals surface area contributed by atoms with Crippen LogP contribution in [-0.4, -0.2) is 43.0 Å². The molecule has 1 aliphatic rings. The van der Waals surface area contributed by atoms with E-state index in [4.69, 9.17) is 11.6 Å². The number of fused-ring (bicyclic) bond motifs is 1. The predicted molar refractivity (Wildman–Crippen MR) is 122 cm³/mol. The minimum absolute atomic E-state index is 0.739. The molecule has 1 aliphatic heterocycles. The van der Waals surface area contributed by atoms with Crippen molar-refractivity contribution in [2.24, 2.45) is 0 Å². The zero-order valence-corrected chi connectivity index (χ0v) is 18.1. The highest BCUT2D eigenvalue weighted by Gasteiger charge is 2.20. The van der Waals surface area contributed by atoms with Gasteiger partial charge in [-0.25, -0.2) is 0 Å². The number of halogens is 1. The lowest BCUT2D eigenvalue weighted by Gasteiger charge is -2.19. The number of H-pyrrole nitrogens is 1. The average molecular weight is 433 g/mol. The van der Waals surface area contributed by atoms with Crippen molar-refractivity contribution in [1.82, 2.24) is 29.9 Å². The third kappa shape index (κ3) is 4.55. The molecular weight excluding hydrogens is 408 g/mol. The molecule has 0 unspecified atom stereocenters. The van der Waals surface area contributed by atoms with Crippen LogP contribution in [0.5, 0.6) is 0 Å². The number of rotatable bonds is 6. The standard InChI is InChI=1S/C24H25ClN6/c25-21-9-7-19(8-10-21)24-20(16-26-29-24)17-30-13-12-23-28-27-22(31(23)15-14-30)11-6-18-4-2-1-3-5-18/h1-5,7-10,16H,6,11-15,17H2,(H,26,29). The molecule has 2 aromatic carbocycles. The summed E-state index contributed by atoms with van der Waals surface area (Å²) in [6, 6.07) is 18.5. The van der Waals surface area contributed by atoms with Gasteiger partial charge in [0.1, 0.15) is 11.6 Å². The zero-order valence-electron chi connectivity index (χ0n) is 17.3. The Morgan fingerprint density at radius 1 is 0.903 bits per heavy atom. The molecule has 1 N–H and O–H groups in total. The first kappa shape index (κ1) is 20.0. The minimum Gasteiger partial charge on any atom is -0.314 e. The van der Waals surface area contributed by atoms with Gasteiger partial charge in [0.05, 0.1) is 11.9 Å². The molecule has 0 atom stereocenters. The van der Waals surface area contributed by atoms with Gasteiger partial charge in [0.15, 0.2) is 0 Å². The van der Waals surface area contributed by atoms with Crippen LogP contribution in [0.3, 0.4) is 0 Å². The van der Waals surface area contributed by atoms with E-state index in [2.05, 4.69) is 60.2 Å². The van der Waals surface area contributed by atoms with Crippen LogP contribution in [-0.2, 0) is 32.4 Å². The van der Waals surface area contributed by atoms with Crippen LogP contribution in [0.2, 0.25) is 5.02 Å². The number of nitrogens with zero attached hydrogens (tertiary/aromatic N) is 5. The lowest BCUT2D eigenvalue weighted by atomic mass is 10.1. The SMILES string of the molecule is Clc1ccc(-c2[nH]ncc2CN2CCc3nnc(CCc4ccccc4)n3CC2)cc1. The first-order valence-corrected chi connectivity index (χ1v) is 11.1. The molecular formula is C24H25ClN6. The molecule has 158 valence electrons. The number of aryl methyl sites for hydroxylation is 2. The maximum atomic E-state index is 6.04. The normalized spacial score (nSPS) is 14.4. The van der Waals surface area contributed by atoms with Gasteiger partial charge in [0.25, 0.3) is 0 Å². The summed E-state index contributed by atoms with van der Waals surface area (Å²) in [5.41, 5.74) is 4.70. The van der Waals surface area contributed by atoms with E-state index in [-0.39, 0.29) is 0 Å². The Morgan fingerprint density at radius 3 is 2.58 bits per heavy atom. The molecule has 0 aliphatic carbocycles. The lowest BCUT2D eigenvalue weighted by Crippen LogP contribution is -2.26. The average Bonchev–Trinajstić information content (AvgIpc) is 3.36. The summed E-state index contributed by atoms with van der Waals surface area (Å²) in [4.78, 5) is 2.47. The van der Waals surface area contributed by atoms with Crippen LogP contribution in [0.4, 0.5) is 0 Å². The zero-order chi connectivity index (χ0) is 21.0. The largest absolute Gasteiger partial charge is 0.314 e. The molecule has 4 aromatic rings. The molecule has 0 saturated carbocycles. The Bertz CT molecular complexity index is 1130. The van der Waals surface area contributed by atoms with E-state index in [0.717, 1.165) is 73.4 Å². The molecule has 5 rings (SSSR count). The highest BCUT2D eigenvalue weighted by molar-refractivity contribution is 6.30. The third-order valence-electron chi connectivity index (χ3n) is 5.92. The van der Waals surface area contributed by atoms with Crippen LogP contribution < -0.4 is 0 Å². The molecule has 0 saturated heterocycles. The Hall–Kier alpha value is -2.96. The van der Waals surface area contributed by atoms with Crippen molar-refractivity contribution in [2.75, 3.05) is 13.1 Å². The van der Waals surface area contributed by atoms with Crippen molar-refractivity contribution in [1.29, 1.82) is 0 Å². The number of hydrogen-bond donors (Lipinski definition) is 1. The monoisotopic (exact) mass is 432 g/mol. The summed E-state index contributed by atoms with van der Waals surface area (Å²) >= 11 is 6.04. The van der Waals surface area contributed by atoms with Crippen LogP contribution in [0.25, 0.3) is 11.3 Å². The van der Waals surface area contributed by atoms with Crippen LogP contribution in [0.1, 0.15) is 22.8 Å². The van der Waals surface area contributed by atoms with Gasteiger partial charge in [0, 0.05) is 49.6 Å². The van der Waals surface area contributed by atoms with Crippen molar-refractivity contribution in [3.8, 4) is 11.3 Å². The van der Waals surface area contributed by atoms with E-state index in [9.17, 15) is 0 Å². The maximum Gasteiger partial charge on any atom is 0.134 e. The molecule has 2 aromatic heterocycles. The topological polar surface area (TPSA) is 62.6 Å². The maximum absolute atomic E-state index is 6.04. The Balaban J connectivity index is 1.25. The minimum atomic E-state index is 0.739. The Kier molecular flexibility index (Phi) is 5.82. The summed E-state index contributed by atoms with van der Waals surface area (Å²) < 4.78 is 2.32. The molecule has 0 amide bonds. The van der Waals surface area contributed by atoms with Crippen molar-refractivity contribution >= 4 is 11.6 Å². The van der Waals surface area contributed by atoms with Gasteiger partial charge in [-0.3, -0.25) is 10.00 Å². The highest BCUT2D eigenvalue weighted by atomic mass is 35.5. The van der Waals surface area contributed by atoms with E-state index in [0.29, 0.717) is 0 Å². The molecule has 31 heavy (non-hydrogen) atoms. The summed E-state index contributed by atoms with van der Waals surface area (Å²) in [6.07, 6.45) is 4.74. The molecule has 0 fully saturated rings. The van der Waals surface area contributed by atoms with Crippen molar-refractivity contribution in [2.45, 2.75) is 32.4 Å². The summed E-state index contributed by atoms with van der Waals surface area (Å²) in [6.45, 7) is 3.70. The van der Waals surface area contributed by atoms with Gasteiger partial charge in [-0.15, -0.1) is 10.2 Å². The number of aromatic amines is 1. The molecule has 0 radical (unpaired) electrons. The van der Waals surface area contributed by atoms with E-state index >= 15 is 0 Å². The third-order valence-corrected chi connectivity index (χ3v) is 6.17. The van der Waals surface area contributed by atoms with Gasteiger partial charge in [-0.2, -0.15) is 5.10 Å². The predicted octanol–water partition coefficient (Wildman–Crippen LogP) is 4.17. The molecule has 7 heteroatoms. The molecule has 3 heterocycles. The fourth-order valence-electron chi connectivity index (χ4n) is 4.21. The van der Waals surface area contributed by atoms with Crippen molar-refractivity contribution < 1.29 is 0 Å². The Morgan fingerprint density at radius 2 is 1.74 bits per heavy atom. The number of nitrogens with one attached hydrogen (secondary N) is 1. The van der Waals surface area contributed by atoms with Gasteiger partial charge in [-0.05, 0) is 29.7 Å². The van der Waals surface area contributed by atoms with E-state index in [1.807, 2.05) is 30.5 Å². The van der Waals surface area contributed by atoms with E-state index < -0.39 is 0 Å². The van der Waals surface area contributed by atoms with Crippen molar-refractivity contribution in [3.05, 3.63) is 88.6 Å². The smallest absolute Gasteiger partial charge is 0.134 e. The second kappa shape index (κ2) is 9.04. The van der Waals surface area contributed by atoms with Crippen LogP contribution >= 0.6 is 11.6 Å². The Labute approximate surface area is 186 Å². The number of hydrogen-bond acceptors (Lipinski definition) is 4. The van der Waals surface area contributed by atoms with Crippen LogP contribution in [0, 0.1) is 0 Å². The number of benzene rings is 2. The number of aromatic nitrogens is 5. The summed E-state index contributed by atoms with van der Waals surface area (Å²) in [5, 5.41) is 17.2. The second-order valence-corrected chi connectivity index (χ2v) is 8.41. The second-order valence-electron chi connectivity index (χ2n) is 7.97. The lowest BCUT2D eigenvalue weighted by molar-refractivity contribution is 0.270. The first-order valence-electron chi connectivity index (χ1n) is 10.7. The first-order chi connectivity index (χ1) is 15.3. The quantitative estimate of drug-likeness (QED) is 0.496. The fourth-order valence-corrected chi connectivity index (χ4v) is 4.34. The molecule has 6 nitrogen and oxygen atoms in total. The van der Waals surface area contributed by atoms with Gasteiger partial charge in [-0.1, -0.05) is 54.1 Å². The van der Waals surface area contributed by atoms with Gasteiger partial charge < -0.3 is 4.57 Å². The fraction of sp³-hybridized carbons (Fsp3) is 0.292. The molecule has 0 spiro atoms. The summed E-state index contributed by atoms with van der Waals surface area (Å²) in [7, 11) is 0. The van der Waals surface area contributed by atoms with Gasteiger partial charge in [0.2, 0.25) is 0 Å².